The fourth-order valence-electron chi connectivity index (χ4n) is 3.00. The van der Waals surface area contributed by atoms with E-state index in [1.165, 1.54) is 18.4 Å². The molecule has 0 bridgehead atoms. The molecule has 2 rings (SSSR count). The summed E-state index contributed by atoms with van der Waals surface area (Å²) in [5.41, 5.74) is 1.71. The molecule has 1 aliphatic heterocycles. The number of hydrogen-bond donors (Lipinski definition) is 1. The van der Waals surface area contributed by atoms with Gasteiger partial charge in [-0.05, 0) is 29.9 Å². The van der Waals surface area contributed by atoms with E-state index in [0.29, 0.717) is 11.3 Å². The van der Waals surface area contributed by atoms with Crippen molar-refractivity contribution in [3.8, 4) is 0 Å². The van der Waals surface area contributed by atoms with Crippen molar-refractivity contribution in [2.45, 2.75) is 32.6 Å². The molecule has 1 unspecified atom stereocenters. The van der Waals surface area contributed by atoms with Gasteiger partial charge in [0.2, 0.25) is 0 Å². The molecule has 0 spiro atoms. The van der Waals surface area contributed by atoms with E-state index in [-0.39, 0.29) is 0 Å². The molecule has 2 heteroatoms. The number of hydrogen-bond acceptors (Lipinski definition) is 1. The summed E-state index contributed by atoms with van der Waals surface area (Å²) in [5, 5.41) is 4.45. The average molecular weight is 238 g/mol. The van der Waals surface area contributed by atoms with Gasteiger partial charge in [0.15, 0.2) is 0 Å². The van der Waals surface area contributed by atoms with Crippen LogP contribution >= 0.6 is 11.6 Å². The Morgan fingerprint density at radius 1 is 1.31 bits per heavy atom. The largest absolute Gasteiger partial charge is 0.316 e. The topological polar surface area (TPSA) is 12.0 Å². The van der Waals surface area contributed by atoms with Gasteiger partial charge in [0.1, 0.15) is 0 Å². The van der Waals surface area contributed by atoms with Crippen LogP contribution in [0.15, 0.2) is 24.3 Å². The smallest absolute Gasteiger partial charge is 0.0441 e. The maximum Gasteiger partial charge on any atom is 0.0441 e. The summed E-state index contributed by atoms with van der Waals surface area (Å²) in [6.45, 7) is 6.77. The summed E-state index contributed by atoms with van der Waals surface area (Å²) < 4.78 is 0. The van der Waals surface area contributed by atoms with Crippen molar-refractivity contribution in [1.82, 2.24) is 5.32 Å². The first-order chi connectivity index (χ1) is 7.73. The zero-order valence-corrected chi connectivity index (χ0v) is 10.8. The minimum Gasteiger partial charge on any atom is -0.316 e. The summed E-state index contributed by atoms with van der Waals surface area (Å²) in [5.74, 6) is 0.566. The lowest BCUT2D eigenvalue weighted by molar-refractivity contribution is 0.260. The molecule has 1 N–H and O–H groups in total. The van der Waals surface area contributed by atoms with Crippen LogP contribution in [0.5, 0.6) is 0 Å². The van der Waals surface area contributed by atoms with Gasteiger partial charge in [-0.3, -0.25) is 0 Å². The monoisotopic (exact) mass is 237 g/mol. The SMILES string of the molecule is CCC1(CC)CNCC1c1ccccc1Cl. The fraction of sp³-hybridized carbons (Fsp3) is 0.571. The van der Waals surface area contributed by atoms with Crippen LogP contribution in [-0.4, -0.2) is 13.1 Å². The minimum atomic E-state index is 0.394. The lowest BCUT2D eigenvalue weighted by atomic mass is 9.71. The van der Waals surface area contributed by atoms with Crippen molar-refractivity contribution in [3.63, 3.8) is 0 Å². The maximum absolute atomic E-state index is 6.32. The second-order valence-corrected chi connectivity index (χ2v) is 5.18. The summed E-state index contributed by atoms with van der Waals surface area (Å²) >= 11 is 6.32. The molecule has 0 aromatic heterocycles. The predicted molar refractivity (Wildman–Crippen MR) is 70.1 cm³/mol. The highest BCUT2D eigenvalue weighted by Crippen LogP contribution is 2.46. The van der Waals surface area contributed by atoms with Gasteiger partial charge in [0.05, 0.1) is 0 Å². The molecule has 0 radical (unpaired) electrons. The molecule has 1 aromatic carbocycles. The van der Waals surface area contributed by atoms with Crippen LogP contribution in [0.3, 0.4) is 0 Å². The molecule has 88 valence electrons. The normalized spacial score (nSPS) is 23.6. The fourth-order valence-corrected chi connectivity index (χ4v) is 3.26. The van der Waals surface area contributed by atoms with Crippen molar-refractivity contribution in [3.05, 3.63) is 34.9 Å². The third-order valence-corrected chi connectivity index (χ3v) is 4.60. The molecular formula is C14H20ClN. The molecule has 16 heavy (non-hydrogen) atoms. The average Bonchev–Trinajstić information content (AvgIpc) is 2.74. The highest BCUT2D eigenvalue weighted by atomic mass is 35.5. The summed E-state index contributed by atoms with van der Waals surface area (Å²) in [6, 6.07) is 8.29. The molecule has 1 aliphatic rings. The van der Waals surface area contributed by atoms with Crippen molar-refractivity contribution >= 4 is 11.6 Å². The third-order valence-electron chi connectivity index (χ3n) is 4.25. The zero-order valence-electron chi connectivity index (χ0n) is 10.1. The Morgan fingerprint density at radius 2 is 2.00 bits per heavy atom. The van der Waals surface area contributed by atoms with Crippen LogP contribution in [-0.2, 0) is 0 Å². The quantitative estimate of drug-likeness (QED) is 0.843. The van der Waals surface area contributed by atoms with Crippen LogP contribution in [0.2, 0.25) is 5.02 Å². The van der Waals surface area contributed by atoms with Gasteiger partial charge < -0.3 is 5.32 Å². The van der Waals surface area contributed by atoms with E-state index in [2.05, 4.69) is 31.3 Å². The van der Waals surface area contributed by atoms with Crippen LogP contribution in [0.1, 0.15) is 38.2 Å². The van der Waals surface area contributed by atoms with E-state index in [1.54, 1.807) is 0 Å². The number of nitrogens with one attached hydrogen (secondary N) is 1. The van der Waals surface area contributed by atoms with E-state index < -0.39 is 0 Å². The number of benzene rings is 1. The Morgan fingerprint density at radius 3 is 2.62 bits per heavy atom. The second kappa shape index (κ2) is 4.77. The molecule has 1 atom stereocenters. The van der Waals surface area contributed by atoms with Crippen molar-refractivity contribution in [2.75, 3.05) is 13.1 Å². The number of rotatable bonds is 3. The molecule has 1 heterocycles. The zero-order chi connectivity index (χ0) is 11.6. The summed E-state index contributed by atoms with van der Waals surface area (Å²) in [7, 11) is 0. The minimum absolute atomic E-state index is 0.394. The van der Waals surface area contributed by atoms with Gasteiger partial charge in [-0.15, -0.1) is 0 Å². The highest BCUT2D eigenvalue weighted by Gasteiger charge is 2.41. The van der Waals surface area contributed by atoms with Crippen molar-refractivity contribution in [1.29, 1.82) is 0 Å². The van der Waals surface area contributed by atoms with Crippen LogP contribution < -0.4 is 5.32 Å². The first kappa shape index (κ1) is 11.9. The van der Waals surface area contributed by atoms with Gasteiger partial charge >= 0.3 is 0 Å². The van der Waals surface area contributed by atoms with E-state index in [0.717, 1.165) is 18.1 Å². The lowest BCUT2D eigenvalue weighted by Gasteiger charge is -2.33. The Kier molecular flexibility index (Phi) is 3.56. The molecule has 1 aromatic rings. The van der Waals surface area contributed by atoms with Gasteiger partial charge in [0, 0.05) is 24.0 Å². The van der Waals surface area contributed by atoms with E-state index in [9.17, 15) is 0 Å². The predicted octanol–water partition coefficient (Wildman–Crippen LogP) is 3.83. The van der Waals surface area contributed by atoms with Crippen molar-refractivity contribution < 1.29 is 0 Å². The standard InChI is InChI=1S/C14H20ClN/c1-3-14(4-2)10-16-9-12(14)11-7-5-6-8-13(11)15/h5-8,12,16H,3-4,9-10H2,1-2H3. The lowest BCUT2D eigenvalue weighted by Crippen LogP contribution is -2.27. The first-order valence-electron chi connectivity index (χ1n) is 6.18. The molecular weight excluding hydrogens is 218 g/mol. The van der Waals surface area contributed by atoms with E-state index in [1.807, 2.05) is 12.1 Å². The highest BCUT2D eigenvalue weighted by molar-refractivity contribution is 6.31. The Bertz CT molecular complexity index is 358. The van der Waals surface area contributed by atoms with Crippen LogP contribution in [0, 0.1) is 5.41 Å². The van der Waals surface area contributed by atoms with Crippen molar-refractivity contribution in [2.24, 2.45) is 5.41 Å². The van der Waals surface area contributed by atoms with Gasteiger partial charge in [0.25, 0.3) is 0 Å². The summed E-state index contributed by atoms with van der Waals surface area (Å²) in [6.07, 6.45) is 2.43. The Labute approximate surface area is 103 Å². The Balaban J connectivity index is 2.37. The first-order valence-corrected chi connectivity index (χ1v) is 6.56. The second-order valence-electron chi connectivity index (χ2n) is 4.77. The van der Waals surface area contributed by atoms with E-state index >= 15 is 0 Å². The van der Waals surface area contributed by atoms with Gasteiger partial charge in [-0.1, -0.05) is 43.6 Å². The molecule has 1 nitrogen and oxygen atoms in total. The molecule has 0 aliphatic carbocycles. The van der Waals surface area contributed by atoms with Crippen LogP contribution in [0.4, 0.5) is 0 Å². The van der Waals surface area contributed by atoms with Crippen LogP contribution in [0.25, 0.3) is 0 Å². The Hall–Kier alpha value is -0.530. The number of halogens is 1. The third kappa shape index (κ3) is 1.87. The van der Waals surface area contributed by atoms with Gasteiger partial charge in [-0.25, -0.2) is 0 Å². The summed E-state index contributed by atoms with van der Waals surface area (Å²) in [4.78, 5) is 0. The maximum atomic E-state index is 6.32. The molecule has 0 saturated carbocycles. The molecule has 1 fully saturated rings. The molecule has 0 amide bonds. The molecule has 1 saturated heterocycles. The van der Waals surface area contributed by atoms with E-state index in [4.69, 9.17) is 11.6 Å². The van der Waals surface area contributed by atoms with Gasteiger partial charge in [-0.2, -0.15) is 0 Å².